The van der Waals surface area contributed by atoms with E-state index in [1.54, 1.807) is 0 Å². The quantitative estimate of drug-likeness (QED) is 0.783. The standard InChI is InChI=1S/C9H18N2S2/c1-4-12-5-7(2)10-9-11-8(3)6-13-9/h7-8H,4-6H2,1-3H3,(H,10,11). The third-order valence-electron chi connectivity index (χ3n) is 1.74. The maximum Gasteiger partial charge on any atom is 0.157 e. The maximum atomic E-state index is 4.50. The van der Waals surface area contributed by atoms with E-state index in [1.807, 2.05) is 23.5 Å². The minimum absolute atomic E-state index is 0.499. The van der Waals surface area contributed by atoms with Crippen LogP contribution in [0, 0.1) is 0 Å². The first-order valence-corrected chi connectivity index (χ1v) is 6.91. The normalized spacial score (nSPS) is 24.2. The molecule has 0 aromatic heterocycles. The second kappa shape index (κ2) is 5.81. The molecular weight excluding hydrogens is 200 g/mol. The SMILES string of the molecule is CCSCC(C)NC1=NC(C)CS1. The summed E-state index contributed by atoms with van der Waals surface area (Å²) in [6.07, 6.45) is 0. The first-order chi connectivity index (χ1) is 6.22. The van der Waals surface area contributed by atoms with Gasteiger partial charge < -0.3 is 5.32 Å². The van der Waals surface area contributed by atoms with Crippen molar-refractivity contribution in [3.63, 3.8) is 0 Å². The number of hydrogen-bond acceptors (Lipinski definition) is 4. The molecular formula is C9H18N2S2. The van der Waals surface area contributed by atoms with Crippen molar-refractivity contribution in [3.8, 4) is 0 Å². The Morgan fingerprint density at radius 2 is 2.54 bits per heavy atom. The Kier molecular flexibility index (Phi) is 5.02. The molecule has 4 heteroatoms. The summed E-state index contributed by atoms with van der Waals surface area (Å²) in [6, 6.07) is 1.04. The summed E-state index contributed by atoms with van der Waals surface area (Å²) >= 11 is 3.82. The van der Waals surface area contributed by atoms with Gasteiger partial charge in [-0.05, 0) is 19.6 Å². The molecule has 0 radical (unpaired) electrons. The van der Waals surface area contributed by atoms with Gasteiger partial charge in [-0.2, -0.15) is 11.8 Å². The van der Waals surface area contributed by atoms with Gasteiger partial charge in [-0.3, -0.25) is 4.99 Å². The van der Waals surface area contributed by atoms with Crippen molar-refractivity contribution in [1.82, 2.24) is 5.32 Å². The van der Waals surface area contributed by atoms with Gasteiger partial charge in [-0.1, -0.05) is 18.7 Å². The number of nitrogens with one attached hydrogen (secondary N) is 1. The maximum absolute atomic E-state index is 4.50. The molecule has 0 amide bonds. The molecule has 1 N–H and O–H groups in total. The van der Waals surface area contributed by atoms with Crippen LogP contribution in [-0.2, 0) is 0 Å². The Morgan fingerprint density at radius 3 is 3.08 bits per heavy atom. The average Bonchev–Trinajstić information content (AvgIpc) is 2.48. The number of rotatable bonds is 4. The van der Waals surface area contributed by atoms with Crippen LogP contribution >= 0.6 is 23.5 Å². The minimum Gasteiger partial charge on any atom is -0.362 e. The van der Waals surface area contributed by atoms with Crippen molar-refractivity contribution in [2.24, 2.45) is 4.99 Å². The van der Waals surface area contributed by atoms with E-state index in [0.717, 1.165) is 10.9 Å². The fraction of sp³-hybridized carbons (Fsp3) is 0.889. The Morgan fingerprint density at radius 1 is 1.77 bits per heavy atom. The van der Waals surface area contributed by atoms with Gasteiger partial charge >= 0.3 is 0 Å². The van der Waals surface area contributed by atoms with Crippen molar-refractivity contribution >= 4 is 28.7 Å². The lowest BCUT2D eigenvalue weighted by Crippen LogP contribution is -2.31. The van der Waals surface area contributed by atoms with Gasteiger partial charge in [-0.25, -0.2) is 0 Å². The first kappa shape index (κ1) is 11.2. The molecule has 0 fully saturated rings. The van der Waals surface area contributed by atoms with Crippen LogP contribution in [0.1, 0.15) is 20.8 Å². The van der Waals surface area contributed by atoms with Crippen molar-refractivity contribution in [2.45, 2.75) is 32.9 Å². The number of aliphatic imine (C=N–C) groups is 1. The fourth-order valence-corrected chi connectivity index (χ4v) is 2.79. The predicted octanol–water partition coefficient (Wildman–Crippen LogP) is 2.21. The zero-order chi connectivity index (χ0) is 9.68. The van der Waals surface area contributed by atoms with Gasteiger partial charge in [0.1, 0.15) is 0 Å². The summed E-state index contributed by atoms with van der Waals surface area (Å²) < 4.78 is 0. The van der Waals surface area contributed by atoms with Crippen LogP contribution in [0.2, 0.25) is 0 Å². The second-order valence-electron chi connectivity index (χ2n) is 3.30. The van der Waals surface area contributed by atoms with E-state index in [4.69, 9.17) is 0 Å². The Labute approximate surface area is 89.3 Å². The van der Waals surface area contributed by atoms with E-state index in [2.05, 4.69) is 31.1 Å². The molecule has 0 aliphatic carbocycles. The van der Waals surface area contributed by atoms with Gasteiger partial charge in [-0.15, -0.1) is 0 Å². The summed E-state index contributed by atoms with van der Waals surface area (Å²) in [4.78, 5) is 4.50. The van der Waals surface area contributed by atoms with Crippen LogP contribution in [-0.4, -0.2) is 34.5 Å². The van der Waals surface area contributed by atoms with Gasteiger partial charge in [0.15, 0.2) is 5.17 Å². The third kappa shape index (κ3) is 4.27. The molecule has 2 atom stereocenters. The lowest BCUT2D eigenvalue weighted by atomic mass is 10.4. The highest BCUT2D eigenvalue weighted by molar-refractivity contribution is 8.14. The summed E-state index contributed by atoms with van der Waals surface area (Å²) in [6.45, 7) is 6.57. The number of nitrogens with zero attached hydrogens (tertiary/aromatic N) is 1. The molecule has 1 aliphatic rings. The molecule has 2 unspecified atom stereocenters. The zero-order valence-corrected chi connectivity index (χ0v) is 10.2. The van der Waals surface area contributed by atoms with E-state index in [1.165, 1.54) is 11.5 Å². The highest BCUT2D eigenvalue weighted by atomic mass is 32.2. The molecule has 1 heterocycles. The molecule has 1 rings (SSSR count). The van der Waals surface area contributed by atoms with Gasteiger partial charge in [0.25, 0.3) is 0 Å². The van der Waals surface area contributed by atoms with Crippen LogP contribution in [0.25, 0.3) is 0 Å². The number of hydrogen-bond donors (Lipinski definition) is 1. The zero-order valence-electron chi connectivity index (χ0n) is 8.54. The van der Waals surface area contributed by atoms with Gasteiger partial charge in [0, 0.05) is 17.5 Å². The van der Waals surface area contributed by atoms with Crippen LogP contribution in [0.4, 0.5) is 0 Å². The van der Waals surface area contributed by atoms with E-state index in [0.29, 0.717) is 12.1 Å². The summed E-state index contributed by atoms with van der Waals surface area (Å²) in [5.74, 6) is 3.50. The largest absolute Gasteiger partial charge is 0.362 e. The monoisotopic (exact) mass is 218 g/mol. The third-order valence-corrected chi connectivity index (χ3v) is 4.03. The molecule has 0 saturated carbocycles. The van der Waals surface area contributed by atoms with E-state index >= 15 is 0 Å². The van der Waals surface area contributed by atoms with Crippen molar-refractivity contribution in [3.05, 3.63) is 0 Å². The molecule has 1 aliphatic heterocycles. The summed E-state index contributed by atoms with van der Waals surface area (Å²) in [7, 11) is 0. The van der Waals surface area contributed by atoms with Crippen molar-refractivity contribution in [1.29, 1.82) is 0 Å². The van der Waals surface area contributed by atoms with Crippen LogP contribution < -0.4 is 5.32 Å². The van der Waals surface area contributed by atoms with Gasteiger partial charge in [0.05, 0.1) is 6.04 Å². The highest BCUT2D eigenvalue weighted by Crippen LogP contribution is 2.16. The molecule has 0 saturated heterocycles. The lowest BCUT2D eigenvalue weighted by molar-refractivity contribution is 0.744. The molecule has 0 aromatic rings. The lowest BCUT2D eigenvalue weighted by Gasteiger charge is -2.13. The molecule has 2 nitrogen and oxygen atoms in total. The van der Waals surface area contributed by atoms with Gasteiger partial charge in [0.2, 0.25) is 0 Å². The Hall–Kier alpha value is 0.170. The number of thioether (sulfide) groups is 2. The van der Waals surface area contributed by atoms with Crippen LogP contribution in [0.3, 0.4) is 0 Å². The van der Waals surface area contributed by atoms with Crippen LogP contribution in [0.15, 0.2) is 4.99 Å². The minimum atomic E-state index is 0.499. The second-order valence-corrected chi connectivity index (χ2v) is 5.63. The molecule has 0 bridgehead atoms. The average molecular weight is 218 g/mol. The molecule has 0 spiro atoms. The fourth-order valence-electron chi connectivity index (χ4n) is 1.10. The van der Waals surface area contributed by atoms with Crippen molar-refractivity contribution < 1.29 is 0 Å². The molecule has 13 heavy (non-hydrogen) atoms. The van der Waals surface area contributed by atoms with E-state index < -0.39 is 0 Å². The molecule has 76 valence electrons. The summed E-state index contributed by atoms with van der Waals surface area (Å²) in [5, 5.41) is 4.57. The highest BCUT2D eigenvalue weighted by Gasteiger charge is 2.14. The Balaban J connectivity index is 2.20. The smallest absolute Gasteiger partial charge is 0.157 e. The molecule has 0 aromatic carbocycles. The topological polar surface area (TPSA) is 24.4 Å². The predicted molar refractivity (Wildman–Crippen MR) is 65.0 cm³/mol. The van der Waals surface area contributed by atoms with E-state index in [-0.39, 0.29) is 0 Å². The first-order valence-electron chi connectivity index (χ1n) is 4.77. The van der Waals surface area contributed by atoms with E-state index in [9.17, 15) is 0 Å². The number of amidine groups is 1. The Bertz CT molecular complexity index is 182. The van der Waals surface area contributed by atoms with Crippen LogP contribution in [0.5, 0.6) is 0 Å². The van der Waals surface area contributed by atoms with Crippen molar-refractivity contribution in [2.75, 3.05) is 17.3 Å². The summed E-state index contributed by atoms with van der Waals surface area (Å²) in [5.41, 5.74) is 0.